The molecule has 0 radical (unpaired) electrons. The Morgan fingerprint density at radius 3 is 2.12 bits per heavy atom. The van der Waals surface area contributed by atoms with Gasteiger partial charge in [0.05, 0.1) is 6.04 Å². The van der Waals surface area contributed by atoms with Gasteiger partial charge in [0.15, 0.2) is 0 Å². The van der Waals surface area contributed by atoms with Crippen LogP contribution in [0.15, 0.2) is 54.7 Å². The number of H-pyrrole nitrogens is 1. The largest absolute Gasteiger partial charge is 0.508 e. The summed E-state index contributed by atoms with van der Waals surface area (Å²) in [6.07, 6.45) is 1.14. The van der Waals surface area contributed by atoms with E-state index in [9.17, 15) is 34.2 Å². The zero-order valence-electron chi connectivity index (χ0n) is 22.6. The second-order valence-electron chi connectivity index (χ2n) is 9.75. The molecule has 4 amide bonds. The summed E-state index contributed by atoms with van der Waals surface area (Å²) in [4.78, 5) is 65.8. The van der Waals surface area contributed by atoms with Gasteiger partial charge in [-0.2, -0.15) is 12.6 Å². The van der Waals surface area contributed by atoms with E-state index in [1.54, 1.807) is 18.3 Å². The van der Waals surface area contributed by atoms with Gasteiger partial charge in [-0.1, -0.05) is 30.3 Å². The van der Waals surface area contributed by atoms with Crippen LogP contribution in [0.4, 0.5) is 0 Å². The van der Waals surface area contributed by atoms with E-state index in [0.29, 0.717) is 11.1 Å². The number of fused-ring (bicyclic) bond motifs is 1. The molecule has 0 spiro atoms. The quantitative estimate of drug-likeness (QED) is 0.105. The number of amides is 4. The van der Waals surface area contributed by atoms with Gasteiger partial charge in [0.2, 0.25) is 23.6 Å². The lowest BCUT2D eigenvalue weighted by molar-refractivity contribution is -0.142. The van der Waals surface area contributed by atoms with Crippen LogP contribution in [0.1, 0.15) is 24.0 Å². The van der Waals surface area contributed by atoms with Gasteiger partial charge in [-0.3, -0.25) is 19.2 Å². The lowest BCUT2D eigenvalue weighted by Gasteiger charge is -2.25. The van der Waals surface area contributed by atoms with E-state index in [2.05, 4.69) is 33.6 Å². The second-order valence-corrected chi connectivity index (χ2v) is 10.1. The van der Waals surface area contributed by atoms with Gasteiger partial charge in [0, 0.05) is 42.1 Å². The number of aromatic hydroxyl groups is 1. The van der Waals surface area contributed by atoms with Gasteiger partial charge in [-0.05, 0) is 35.7 Å². The van der Waals surface area contributed by atoms with Crippen molar-refractivity contribution in [3.05, 3.63) is 65.9 Å². The van der Waals surface area contributed by atoms with E-state index in [0.717, 1.165) is 10.9 Å². The maximum atomic E-state index is 13.5. The average Bonchev–Trinajstić information content (AvgIpc) is 3.37. The number of phenols is 1. The highest BCUT2D eigenvalue weighted by Crippen LogP contribution is 2.19. The number of benzene rings is 2. The number of carboxylic acids is 1. The minimum atomic E-state index is -1.34. The Hall–Kier alpha value is -4.56. The van der Waals surface area contributed by atoms with Crippen LogP contribution in [0.25, 0.3) is 10.9 Å². The number of carbonyl (C=O) groups is 5. The van der Waals surface area contributed by atoms with E-state index in [1.807, 2.05) is 24.3 Å². The molecule has 0 fully saturated rings. The maximum absolute atomic E-state index is 13.5. The fourth-order valence-corrected chi connectivity index (χ4v) is 4.43. The molecule has 4 unspecified atom stereocenters. The number of hydrogen-bond donors (Lipinski definition) is 9. The number of aromatic nitrogens is 1. The van der Waals surface area contributed by atoms with Gasteiger partial charge in [-0.25, -0.2) is 4.79 Å². The number of nitrogens with one attached hydrogen (secondary N) is 4. The molecule has 1 aromatic heterocycles. The number of rotatable bonds is 15. The van der Waals surface area contributed by atoms with E-state index in [1.165, 1.54) is 12.1 Å². The summed E-state index contributed by atoms with van der Waals surface area (Å²) in [6, 6.07) is 8.27. The number of aromatic amines is 1. The number of nitrogens with two attached hydrogens (primary N) is 2. The molecule has 0 saturated carbocycles. The van der Waals surface area contributed by atoms with Crippen LogP contribution in [-0.4, -0.2) is 74.7 Å². The van der Waals surface area contributed by atoms with Gasteiger partial charge in [-0.15, -0.1) is 0 Å². The monoisotopic (exact) mass is 598 g/mol. The second kappa shape index (κ2) is 14.9. The fourth-order valence-electron chi connectivity index (χ4n) is 4.26. The number of para-hydroxylation sites is 1. The number of primary amides is 1. The smallest absolute Gasteiger partial charge is 0.326 e. The Labute approximate surface area is 246 Å². The standard InChI is InChI=1S/C28H34N6O7S/c29-19(14-42)25(37)32-21(9-10-24(30)36)26(38)33-22(11-15-5-7-17(35)8-6-15)27(39)34-23(28(40)41)12-16-13-31-20-4-2-1-3-18(16)20/h1-8,13,19,21-23,31,35,42H,9-12,14,29H2,(H2,30,36)(H,32,37)(H,33,38)(H,34,39)(H,40,41). The third-order valence-corrected chi connectivity index (χ3v) is 6.96. The van der Waals surface area contributed by atoms with Gasteiger partial charge >= 0.3 is 5.97 Å². The van der Waals surface area contributed by atoms with Crippen LogP contribution in [0.5, 0.6) is 5.75 Å². The molecular weight excluding hydrogens is 564 g/mol. The van der Waals surface area contributed by atoms with Crippen LogP contribution >= 0.6 is 12.6 Å². The molecule has 14 heteroatoms. The molecule has 0 aliphatic rings. The molecule has 4 atom stereocenters. The maximum Gasteiger partial charge on any atom is 0.326 e. The summed E-state index contributed by atoms with van der Waals surface area (Å²) in [6.45, 7) is 0. The molecule has 3 aromatic rings. The zero-order valence-corrected chi connectivity index (χ0v) is 23.5. The number of carbonyl (C=O) groups excluding carboxylic acids is 4. The third kappa shape index (κ3) is 8.97. The van der Waals surface area contributed by atoms with E-state index >= 15 is 0 Å². The fraction of sp³-hybridized carbons (Fsp3) is 0.321. The van der Waals surface area contributed by atoms with Crippen molar-refractivity contribution in [3.8, 4) is 5.75 Å². The summed E-state index contributed by atoms with van der Waals surface area (Å²) >= 11 is 3.98. The molecule has 0 bridgehead atoms. The lowest BCUT2D eigenvalue weighted by Crippen LogP contribution is -2.58. The topological polar surface area (TPSA) is 230 Å². The Morgan fingerprint density at radius 2 is 1.48 bits per heavy atom. The summed E-state index contributed by atoms with van der Waals surface area (Å²) in [5.74, 6) is -4.30. The van der Waals surface area contributed by atoms with Gasteiger partial charge < -0.3 is 42.6 Å². The molecule has 3 rings (SSSR count). The predicted molar refractivity (Wildman–Crippen MR) is 157 cm³/mol. The van der Waals surface area contributed by atoms with Crippen LogP contribution in [0.3, 0.4) is 0 Å². The van der Waals surface area contributed by atoms with Crippen molar-refractivity contribution < 1.29 is 34.2 Å². The number of carboxylic acid groups (broad SMARTS) is 1. The van der Waals surface area contributed by atoms with Crippen LogP contribution in [0.2, 0.25) is 0 Å². The summed E-state index contributed by atoms with van der Waals surface area (Å²) in [5, 5.41) is 27.9. The van der Waals surface area contributed by atoms with Gasteiger partial charge in [0.1, 0.15) is 23.9 Å². The molecular formula is C28H34N6O7S. The first kappa shape index (κ1) is 32.0. The Morgan fingerprint density at radius 1 is 0.857 bits per heavy atom. The summed E-state index contributed by atoms with van der Waals surface area (Å²) < 4.78 is 0. The molecule has 0 aliphatic heterocycles. The van der Waals surface area contributed by atoms with Crippen LogP contribution in [0, 0.1) is 0 Å². The summed E-state index contributed by atoms with van der Waals surface area (Å²) in [7, 11) is 0. The molecule has 224 valence electrons. The van der Waals surface area contributed by atoms with E-state index < -0.39 is 53.8 Å². The third-order valence-electron chi connectivity index (χ3n) is 6.57. The van der Waals surface area contributed by atoms with Crippen molar-refractivity contribution in [2.45, 2.75) is 49.9 Å². The molecule has 42 heavy (non-hydrogen) atoms. The molecule has 1 heterocycles. The average molecular weight is 599 g/mol. The highest BCUT2D eigenvalue weighted by molar-refractivity contribution is 7.80. The number of thiol groups is 1. The van der Waals surface area contributed by atoms with Crippen molar-refractivity contribution in [1.29, 1.82) is 0 Å². The highest BCUT2D eigenvalue weighted by atomic mass is 32.1. The van der Waals surface area contributed by atoms with Crippen molar-refractivity contribution in [1.82, 2.24) is 20.9 Å². The van der Waals surface area contributed by atoms with Crippen molar-refractivity contribution in [2.24, 2.45) is 11.5 Å². The first-order chi connectivity index (χ1) is 20.0. The van der Waals surface area contributed by atoms with E-state index in [4.69, 9.17) is 11.5 Å². The molecule has 10 N–H and O–H groups in total. The molecule has 0 aliphatic carbocycles. The predicted octanol–water partition coefficient (Wildman–Crippen LogP) is -0.280. The van der Waals surface area contributed by atoms with Crippen molar-refractivity contribution in [3.63, 3.8) is 0 Å². The van der Waals surface area contributed by atoms with Gasteiger partial charge in [0.25, 0.3) is 0 Å². The summed E-state index contributed by atoms with van der Waals surface area (Å²) in [5.41, 5.74) is 13.0. The minimum absolute atomic E-state index is 0.00508. The highest BCUT2D eigenvalue weighted by Gasteiger charge is 2.31. The molecule has 0 saturated heterocycles. The first-order valence-corrected chi connectivity index (χ1v) is 13.7. The number of phenolic OH excluding ortho intramolecular Hbond substituents is 1. The van der Waals surface area contributed by atoms with Crippen molar-refractivity contribution >= 4 is 53.1 Å². The molecule has 13 nitrogen and oxygen atoms in total. The van der Waals surface area contributed by atoms with Crippen LogP contribution < -0.4 is 27.4 Å². The normalized spacial score (nSPS) is 13.9. The molecule has 2 aromatic carbocycles. The Balaban J connectivity index is 1.84. The zero-order chi connectivity index (χ0) is 30.8. The van der Waals surface area contributed by atoms with Crippen molar-refractivity contribution in [2.75, 3.05) is 5.75 Å². The number of aliphatic carboxylic acids is 1. The first-order valence-electron chi connectivity index (χ1n) is 13.1. The van der Waals surface area contributed by atoms with E-state index in [-0.39, 0.29) is 37.2 Å². The van der Waals surface area contributed by atoms with Crippen LogP contribution in [-0.2, 0) is 36.8 Å². The Kier molecular flexibility index (Phi) is 11.3. The Bertz CT molecular complexity index is 1430. The SMILES string of the molecule is NC(=O)CCC(NC(=O)C(N)CS)C(=O)NC(Cc1ccc(O)cc1)C(=O)NC(Cc1c[nH]c2ccccc12)C(=O)O. The lowest BCUT2D eigenvalue weighted by atomic mass is 10.0. The number of hydrogen-bond acceptors (Lipinski definition) is 8. The minimum Gasteiger partial charge on any atom is -0.508 e.